The summed E-state index contributed by atoms with van der Waals surface area (Å²) in [6.45, 7) is 0. The van der Waals surface area contributed by atoms with Crippen molar-refractivity contribution in [1.82, 2.24) is 0 Å². The van der Waals surface area contributed by atoms with Crippen molar-refractivity contribution < 1.29 is 23.0 Å². The van der Waals surface area contributed by atoms with Crippen molar-refractivity contribution in [1.29, 1.82) is 0 Å². The maximum absolute atomic E-state index is 8.74. The molecule has 0 heterocycles. The minimum absolute atomic E-state index is 0. The molecule has 0 amide bonds. The van der Waals surface area contributed by atoms with Crippen molar-refractivity contribution >= 4 is 113 Å². The van der Waals surface area contributed by atoms with E-state index in [0.717, 1.165) is 0 Å². The van der Waals surface area contributed by atoms with Crippen LogP contribution in [0.2, 0.25) is 0 Å². The Balaban J connectivity index is -0.0000000267. The molecule has 0 unspecified atom stereocenters. The second-order valence-corrected chi connectivity index (χ2v) is 1.34. The molecule has 0 fully saturated rings. The standard InChI is InChI=1S/2K.H2O4S.H2O.2H/c;;1-5(2,3)4;;;/h;;(H2,1,2,3,4);1H2;;. The zero-order chi connectivity index (χ0) is 4.50. The van der Waals surface area contributed by atoms with Crippen LogP contribution in [0.15, 0.2) is 0 Å². The van der Waals surface area contributed by atoms with Gasteiger partial charge in [-0.25, -0.2) is 0 Å². The van der Waals surface area contributed by atoms with Gasteiger partial charge in [-0.05, 0) is 0 Å². The first-order chi connectivity index (χ1) is 2.00. The molecule has 0 spiro atoms. The van der Waals surface area contributed by atoms with Gasteiger partial charge in [-0.1, -0.05) is 0 Å². The van der Waals surface area contributed by atoms with E-state index >= 15 is 0 Å². The molecule has 0 aliphatic rings. The summed E-state index contributed by atoms with van der Waals surface area (Å²) in [4.78, 5) is 0. The van der Waals surface area contributed by atoms with Crippen molar-refractivity contribution in [3.63, 3.8) is 0 Å². The van der Waals surface area contributed by atoms with Gasteiger partial charge in [-0.15, -0.1) is 0 Å². The van der Waals surface area contributed by atoms with Gasteiger partial charge < -0.3 is 5.48 Å². The van der Waals surface area contributed by atoms with Crippen LogP contribution in [-0.2, 0) is 10.4 Å². The molecule has 0 aliphatic heterocycles. The van der Waals surface area contributed by atoms with E-state index < -0.39 is 10.4 Å². The van der Waals surface area contributed by atoms with E-state index in [1.54, 1.807) is 0 Å². The first-order valence-electron chi connectivity index (χ1n) is 0.698. The first-order valence-corrected chi connectivity index (χ1v) is 2.10. The Kier molecular flexibility index (Phi) is 28.4. The molecule has 4 N–H and O–H groups in total. The molecule has 0 aromatic rings. The topological polar surface area (TPSA) is 106 Å². The van der Waals surface area contributed by atoms with Crippen molar-refractivity contribution in [3.8, 4) is 0 Å². The molecule has 0 saturated carbocycles. The zero-order valence-corrected chi connectivity index (χ0v) is 3.44. The van der Waals surface area contributed by atoms with Crippen molar-refractivity contribution in [3.05, 3.63) is 0 Å². The third-order valence-corrected chi connectivity index (χ3v) is 0. The van der Waals surface area contributed by atoms with Gasteiger partial charge in [0.2, 0.25) is 0 Å². The molecule has 0 aromatic heterocycles. The molecular weight excluding hydrogens is 190 g/mol. The Morgan fingerprint density at radius 1 is 1.00 bits per heavy atom. The molecule has 8 heteroatoms. The van der Waals surface area contributed by atoms with Gasteiger partial charge in [0.05, 0.1) is 0 Å². The van der Waals surface area contributed by atoms with Crippen LogP contribution in [-0.4, -0.2) is 126 Å². The second kappa shape index (κ2) is 10.1. The van der Waals surface area contributed by atoms with E-state index in [2.05, 4.69) is 0 Å². The second-order valence-electron chi connectivity index (χ2n) is 0.448. The number of hydrogen-bond donors (Lipinski definition) is 2. The van der Waals surface area contributed by atoms with Crippen LogP contribution in [0.1, 0.15) is 0 Å². The summed E-state index contributed by atoms with van der Waals surface area (Å²) in [5, 5.41) is 0. The third kappa shape index (κ3) is 62.1. The average Bonchev–Trinajstić information content (AvgIpc) is 0.722. The molecular formula is H6K2O5S. The van der Waals surface area contributed by atoms with Gasteiger partial charge in [0.25, 0.3) is 0 Å². The van der Waals surface area contributed by atoms with E-state index in [4.69, 9.17) is 17.5 Å². The first kappa shape index (κ1) is 22.5. The third-order valence-electron chi connectivity index (χ3n) is 0. The Hall–Kier alpha value is 3.10. The molecule has 44 valence electrons. The molecule has 0 aromatic carbocycles. The molecule has 0 atom stereocenters. The minimum atomic E-state index is -4.67. The van der Waals surface area contributed by atoms with Crippen molar-refractivity contribution in [2.45, 2.75) is 0 Å². The fraction of sp³-hybridized carbons (Fsp3) is 0. The molecule has 0 rings (SSSR count). The Morgan fingerprint density at radius 3 is 1.00 bits per heavy atom. The maximum atomic E-state index is 8.74. The van der Waals surface area contributed by atoms with Gasteiger partial charge in [0, 0.05) is 0 Å². The Morgan fingerprint density at radius 2 is 1.00 bits per heavy atom. The van der Waals surface area contributed by atoms with Crippen LogP contribution in [0.3, 0.4) is 0 Å². The van der Waals surface area contributed by atoms with E-state index in [0.29, 0.717) is 0 Å². The van der Waals surface area contributed by atoms with E-state index in [1.807, 2.05) is 0 Å². The molecule has 0 saturated heterocycles. The summed E-state index contributed by atoms with van der Waals surface area (Å²) < 4.78 is 31.6. The zero-order valence-electron chi connectivity index (χ0n) is 2.62. The van der Waals surface area contributed by atoms with Gasteiger partial charge >= 0.3 is 113 Å². The summed E-state index contributed by atoms with van der Waals surface area (Å²) in [7, 11) is -4.67. The van der Waals surface area contributed by atoms with Gasteiger partial charge in [0.15, 0.2) is 0 Å². The van der Waals surface area contributed by atoms with Crippen LogP contribution in [0, 0.1) is 0 Å². The van der Waals surface area contributed by atoms with E-state index in [9.17, 15) is 0 Å². The average molecular weight is 196 g/mol. The Bertz CT molecular complexity index is 93.6. The number of rotatable bonds is 0. The van der Waals surface area contributed by atoms with E-state index in [-0.39, 0.29) is 108 Å². The SMILES string of the molecule is O.O=S(=O)(O)O.[KH].[KH]. The fourth-order valence-electron chi connectivity index (χ4n) is 0. The van der Waals surface area contributed by atoms with Gasteiger partial charge in [-0.2, -0.15) is 8.42 Å². The number of hydrogen-bond acceptors (Lipinski definition) is 2. The summed E-state index contributed by atoms with van der Waals surface area (Å²) in [5.74, 6) is 0. The van der Waals surface area contributed by atoms with Crippen molar-refractivity contribution in [2.24, 2.45) is 0 Å². The summed E-state index contributed by atoms with van der Waals surface area (Å²) in [5.41, 5.74) is 0. The van der Waals surface area contributed by atoms with Crippen LogP contribution in [0.25, 0.3) is 0 Å². The predicted octanol–water partition coefficient (Wildman–Crippen LogP) is -2.77. The summed E-state index contributed by atoms with van der Waals surface area (Å²) >= 11 is 0. The fourth-order valence-corrected chi connectivity index (χ4v) is 0. The van der Waals surface area contributed by atoms with Crippen molar-refractivity contribution in [2.75, 3.05) is 0 Å². The summed E-state index contributed by atoms with van der Waals surface area (Å²) in [6.07, 6.45) is 0. The van der Waals surface area contributed by atoms with Crippen LogP contribution in [0.4, 0.5) is 0 Å². The Labute approximate surface area is 132 Å². The van der Waals surface area contributed by atoms with Crippen LogP contribution < -0.4 is 0 Å². The van der Waals surface area contributed by atoms with E-state index in [1.165, 1.54) is 0 Å². The van der Waals surface area contributed by atoms with Crippen LogP contribution >= 0.6 is 0 Å². The quantitative estimate of drug-likeness (QED) is 0.323. The molecule has 5 nitrogen and oxygen atoms in total. The summed E-state index contributed by atoms with van der Waals surface area (Å²) in [6, 6.07) is 0. The molecule has 0 bridgehead atoms. The molecule has 0 radical (unpaired) electrons. The van der Waals surface area contributed by atoms with Crippen LogP contribution in [0.5, 0.6) is 0 Å². The molecule has 8 heavy (non-hydrogen) atoms. The van der Waals surface area contributed by atoms with Gasteiger partial charge in [0.1, 0.15) is 0 Å². The normalized spacial score (nSPS) is 7.25. The van der Waals surface area contributed by atoms with Gasteiger partial charge in [-0.3, -0.25) is 9.11 Å². The predicted molar refractivity (Wildman–Crippen MR) is 32.1 cm³/mol. The monoisotopic (exact) mass is 196 g/mol. The molecule has 0 aliphatic carbocycles.